The Balaban J connectivity index is 1.52. The highest BCUT2D eigenvalue weighted by molar-refractivity contribution is 6.34. The molecule has 33 heavy (non-hydrogen) atoms. The molecule has 0 aliphatic carbocycles. The van der Waals surface area contributed by atoms with E-state index >= 15 is 0 Å². The lowest BCUT2D eigenvalue weighted by Gasteiger charge is -2.09. The first-order valence-electron chi connectivity index (χ1n) is 9.63. The Labute approximate surface area is 192 Å². The van der Waals surface area contributed by atoms with Crippen molar-refractivity contribution in [2.75, 3.05) is 12.4 Å². The number of pyridine rings is 1. The minimum Gasteiger partial charge on any atom is -0.457 e. The average Bonchev–Trinajstić information content (AvgIpc) is 2.84. The second-order valence-electron chi connectivity index (χ2n) is 6.75. The molecule has 2 N–H and O–H groups in total. The van der Waals surface area contributed by atoms with E-state index in [0.29, 0.717) is 28.1 Å². The molecule has 0 fully saturated rings. The van der Waals surface area contributed by atoms with Gasteiger partial charge in [-0.1, -0.05) is 17.7 Å². The molecule has 0 saturated heterocycles. The molecule has 0 bridgehead atoms. The Morgan fingerprint density at radius 1 is 1.00 bits per heavy atom. The quantitative estimate of drug-likeness (QED) is 0.441. The molecule has 2 amide bonds. The maximum atomic E-state index is 12.9. The predicted molar refractivity (Wildman–Crippen MR) is 119 cm³/mol. The van der Waals surface area contributed by atoms with E-state index < -0.39 is 12.6 Å². The summed E-state index contributed by atoms with van der Waals surface area (Å²) in [5, 5.41) is 13.2. The van der Waals surface area contributed by atoms with Gasteiger partial charge in [-0.3, -0.25) is 19.9 Å². The Kier molecular flexibility index (Phi) is 6.36. The summed E-state index contributed by atoms with van der Waals surface area (Å²) in [4.78, 5) is 32.5. The largest absolute Gasteiger partial charge is 0.457 e. The lowest BCUT2D eigenvalue weighted by atomic mass is 10.1. The highest BCUT2D eigenvalue weighted by atomic mass is 35.5. The molecule has 9 nitrogen and oxygen atoms in total. The van der Waals surface area contributed by atoms with Gasteiger partial charge in [0.05, 0.1) is 16.1 Å². The van der Waals surface area contributed by atoms with Crippen molar-refractivity contribution in [3.63, 3.8) is 0 Å². The molecule has 0 unspecified atom stereocenters. The van der Waals surface area contributed by atoms with Crippen LogP contribution in [0.3, 0.4) is 0 Å². The zero-order chi connectivity index (χ0) is 23.4. The number of benzene rings is 2. The number of halogens is 2. The molecule has 0 aliphatic heterocycles. The van der Waals surface area contributed by atoms with E-state index in [4.69, 9.17) is 16.3 Å². The third-order valence-corrected chi connectivity index (χ3v) is 4.84. The summed E-state index contributed by atoms with van der Waals surface area (Å²) in [7, 11) is 1.51. The van der Waals surface area contributed by atoms with Crippen LogP contribution in [-0.2, 0) is 6.67 Å². The van der Waals surface area contributed by atoms with E-state index in [1.807, 2.05) is 0 Å². The van der Waals surface area contributed by atoms with Gasteiger partial charge in [-0.2, -0.15) is 0 Å². The standard InChI is InChI=1S/C22H16ClFN6O3/c1-25-21(32)19-10-14(6-7-26-19)33-13-3-5-17-18(9-13)29-30-22(27-17)28-20(31)15-8-12(11-24)2-4-16(15)23/h2-10H,11H2,1H3,(H,25,32)(H,27,28,30,31). The van der Waals surface area contributed by atoms with Crippen molar-refractivity contribution >= 4 is 40.4 Å². The first-order chi connectivity index (χ1) is 16.0. The van der Waals surface area contributed by atoms with Gasteiger partial charge in [-0.25, -0.2) is 9.37 Å². The number of hydrogen-bond donors (Lipinski definition) is 2. The molecule has 0 spiro atoms. The van der Waals surface area contributed by atoms with Crippen molar-refractivity contribution < 1.29 is 18.7 Å². The van der Waals surface area contributed by atoms with Gasteiger partial charge in [0.2, 0.25) is 5.95 Å². The Hall–Kier alpha value is -4.18. The van der Waals surface area contributed by atoms with Crippen LogP contribution in [0.1, 0.15) is 26.4 Å². The fourth-order valence-electron chi connectivity index (χ4n) is 2.89. The monoisotopic (exact) mass is 466 g/mol. The number of carbonyl (C=O) groups excluding carboxylic acids is 2. The molecule has 4 rings (SSSR count). The van der Waals surface area contributed by atoms with Crippen molar-refractivity contribution in [3.05, 3.63) is 76.6 Å². The van der Waals surface area contributed by atoms with Crippen molar-refractivity contribution in [1.29, 1.82) is 0 Å². The van der Waals surface area contributed by atoms with E-state index in [0.717, 1.165) is 0 Å². The zero-order valence-electron chi connectivity index (χ0n) is 17.2. The Bertz CT molecular complexity index is 1370. The molecular formula is C22H16ClFN6O3. The highest BCUT2D eigenvalue weighted by Crippen LogP contribution is 2.25. The number of alkyl halides is 1. The molecule has 11 heteroatoms. The third kappa shape index (κ3) is 5.01. The predicted octanol–water partition coefficient (Wildman–Crippen LogP) is 3.95. The number of rotatable bonds is 6. The minimum absolute atomic E-state index is 0.0350. The Morgan fingerprint density at radius 2 is 1.82 bits per heavy atom. The molecule has 0 radical (unpaired) electrons. The maximum Gasteiger partial charge on any atom is 0.269 e. The fraction of sp³-hybridized carbons (Fsp3) is 0.0909. The van der Waals surface area contributed by atoms with E-state index in [1.54, 1.807) is 24.3 Å². The highest BCUT2D eigenvalue weighted by Gasteiger charge is 2.14. The van der Waals surface area contributed by atoms with Crippen LogP contribution in [0.15, 0.2) is 54.7 Å². The first kappa shape index (κ1) is 22.0. The number of fused-ring (bicyclic) bond motifs is 1. The van der Waals surface area contributed by atoms with Crippen molar-refractivity contribution in [3.8, 4) is 11.5 Å². The van der Waals surface area contributed by atoms with E-state index in [2.05, 4.69) is 30.8 Å². The normalized spacial score (nSPS) is 10.6. The van der Waals surface area contributed by atoms with Gasteiger partial charge in [0.15, 0.2) is 0 Å². The van der Waals surface area contributed by atoms with Gasteiger partial charge >= 0.3 is 0 Å². The summed E-state index contributed by atoms with van der Waals surface area (Å²) in [5.41, 5.74) is 1.52. The van der Waals surface area contributed by atoms with Crippen molar-refractivity contribution in [1.82, 2.24) is 25.5 Å². The van der Waals surface area contributed by atoms with Crippen molar-refractivity contribution in [2.45, 2.75) is 6.67 Å². The van der Waals surface area contributed by atoms with Gasteiger partial charge in [0.25, 0.3) is 11.8 Å². The van der Waals surface area contributed by atoms with E-state index in [1.165, 1.54) is 37.5 Å². The van der Waals surface area contributed by atoms with E-state index in [-0.39, 0.29) is 28.1 Å². The maximum absolute atomic E-state index is 12.9. The number of aromatic nitrogens is 4. The van der Waals surface area contributed by atoms with Crippen LogP contribution >= 0.6 is 11.6 Å². The van der Waals surface area contributed by atoms with Crippen LogP contribution in [0.5, 0.6) is 11.5 Å². The molecule has 0 saturated carbocycles. The number of nitrogens with one attached hydrogen (secondary N) is 2. The summed E-state index contributed by atoms with van der Waals surface area (Å²) < 4.78 is 18.7. The summed E-state index contributed by atoms with van der Waals surface area (Å²) >= 11 is 6.05. The van der Waals surface area contributed by atoms with Crippen molar-refractivity contribution in [2.24, 2.45) is 0 Å². The molecule has 166 valence electrons. The lowest BCUT2D eigenvalue weighted by Crippen LogP contribution is -2.18. The van der Waals surface area contributed by atoms with Crippen LogP contribution in [0, 0.1) is 0 Å². The summed E-state index contributed by atoms with van der Waals surface area (Å²) in [6, 6.07) is 12.4. The minimum atomic E-state index is -0.720. The molecule has 4 aromatic rings. The second kappa shape index (κ2) is 9.53. The Morgan fingerprint density at radius 3 is 2.61 bits per heavy atom. The number of amides is 2. The number of hydrogen-bond acceptors (Lipinski definition) is 7. The van der Waals surface area contributed by atoms with Crippen LogP contribution in [0.4, 0.5) is 10.3 Å². The first-order valence-corrected chi connectivity index (χ1v) is 10.0. The topological polar surface area (TPSA) is 119 Å². The summed E-state index contributed by atoms with van der Waals surface area (Å²) in [5.74, 6) is -0.0889. The van der Waals surface area contributed by atoms with Crippen LogP contribution in [-0.4, -0.2) is 39.0 Å². The van der Waals surface area contributed by atoms with E-state index in [9.17, 15) is 14.0 Å². The van der Waals surface area contributed by atoms with Crippen LogP contribution in [0.2, 0.25) is 5.02 Å². The fourth-order valence-corrected chi connectivity index (χ4v) is 3.10. The van der Waals surface area contributed by atoms with Crippen LogP contribution < -0.4 is 15.4 Å². The molecule has 2 aromatic heterocycles. The smallest absolute Gasteiger partial charge is 0.269 e. The number of carbonyl (C=O) groups is 2. The zero-order valence-corrected chi connectivity index (χ0v) is 17.9. The molecular weight excluding hydrogens is 451 g/mol. The summed E-state index contributed by atoms with van der Waals surface area (Å²) in [6.07, 6.45) is 1.47. The average molecular weight is 467 g/mol. The second-order valence-corrected chi connectivity index (χ2v) is 7.15. The molecule has 2 aromatic carbocycles. The number of ether oxygens (including phenoxy) is 1. The van der Waals surface area contributed by atoms with Gasteiger partial charge < -0.3 is 10.1 Å². The van der Waals surface area contributed by atoms with Gasteiger partial charge in [0.1, 0.15) is 29.4 Å². The lowest BCUT2D eigenvalue weighted by molar-refractivity contribution is 0.0957. The SMILES string of the molecule is CNC(=O)c1cc(Oc2ccc3nc(NC(=O)c4cc(CF)ccc4Cl)nnc3c2)ccn1. The molecule has 0 aliphatic rings. The summed E-state index contributed by atoms with van der Waals surface area (Å²) in [6.45, 7) is -0.720. The third-order valence-electron chi connectivity index (χ3n) is 4.51. The van der Waals surface area contributed by atoms with Gasteiger partial charge in [0, 0.05) is 25.4 Å². The number of nitrogens with zero attached hydrogens (tertiary/aromatic N) is 4. The number of anilines is 1. The van der Waals surface area contributed by atoms with Crippen LogP contribution in [0.25, 0.3) is 11.0 Å². The molecule has 0 atom stereocenters. The molecule has 2 heterocycles. The van der Waals surface area contributed by atoms with Gasteiger partial charge in [-0.15, -0.1) is 10.2 Å². The van der Waals surface area contributed by atoms with Gasteiger partial charge in [-0.05, 0) is 35.9 Å².